The molecule has 158 valence electrons. The molecule has 0 fully saturated rings. The van der Waals surface area contributed by atoms with Gasteiger partial charge in [-0.2, -0.15) is 0 Å². The molecule has 0 aliphatic carbocycles. The lowest BCUT2D eigenvalue weighted by Gasteiger charge is -2.31. The van der Waals surface area contributed by atoms with Gasteiger partial charge in [0.2, 0.25) is 0 Å². The van der Waals surface area contributed by atoms with Gasteiger partial charge in [0, 0.05) is 5.56 Å². The first kappa shape index (κ1) is 20.0. The van der Waals surface area contributed by atoms with Crippen molar-refractivity contribution in [2.75, 3.05) is 0 Å². The van der Waals surface area contributed by atoms with Crippen molar-refractivity contribution in [3.63, 3.8) is 0 Å². The molecular formula is C28H31N2O+. The summed E-state index contributed by atoms with van der Waals surface area (Å²) in [6, 6.07) is 13.2. The highest BCUT2D eigenvalue weighted by atomic mass is 16.5. The molecule has 4 aromatic rings. The van der Waals surface area contributed by atoms with Crippen LogP contribution in [0.1, 0.15) is 51.3 Å². The van der Waals surface area contributed by atoms with Crippen molar-refractivity contribution >= 4 is 21.7 Å². The van der Waals surface area contributed by atoms with Gasteiger partial charge < -0.3 is 4.74 Å². The van der Waals surface area contributed by atoms with Crippen LogP contribution in [0.3, 0.4) is 0 Å². The normalized spacial score (nSPS) is 13.0. The Morgan fingerprint density at radius 1 is 1.06 bits per heavy atom. The minimum absolute atomic E-state index is 0.0604. The maximum absolute atomic E-state index is 6.82. The molecular weight excluding hydrogens is 380 g/mol. The number of rotatable bonds is 2. The molecule has 0 amide bonds. The van der Waals surface area contributed by atoms with Crippen molar-refractivity contribution in [3.05, 3.63) is 59.4 Å². The second-order valence-electron chi connectivity index (χ2n) is 10.4. The Morgan fingerprint density at radius 3 is 2.45 bits per heavy atom. The summed E-state index contributed by atoms with van der Waals surface area (Å²) in [4.78, 5) is 4.77. The van der Waals surface area contributed by atoms with Crippen LogP contribution in [0.5, 0.6) is 11.5 Å². The smallest absolute Gasteiger partial charge is 0.287 e. The van der Waals surface area contributed by atoms with Gasteiger partial charge in [0.1, 0.15) is 16.9 Å². The number of hydrogen-bond donors (Lipinski definition) is 0. The van der Waals surface area contributed by atoms with Gasteiger partial charge in [-0.05, 0) is 63.7 Å². The molecule has 1 aliphatic rings. The number of aromatic nitrogens is 2. The van der Waals surface area contributed by atoms with Gasteiger partial charge in [0.15, 0.2) is 11.2 Å². The largest absolute Gasteiger partial charge is 0.455 e. The van der Waals surface area contributed by atoms with E-state index in [9.17, 15) is 0 Å². The van der Waals surface area contributed by atoms with E-state index in [2.05, 4.69) is 89.6 Å². The number of benzene rings is 3. The molecule has 3 nitrogen and oxygen atoms in total. The molecule has 31 heavy (non-hydrogen) atoms. The predicted molar refractivity (Wildman–Crippen MR) is 128 cm³/mol. The summed E-state index contributed by atoms with van der Waals surface area (Å²) < 4.78 is 8.98. The van der Waals surface area contributed by atoms with Gasteiger partial charge in [-0.25, -0.2) is 4.57 Å². The Kier molecular flexibility index (Phi) is 4.37. The highest BCUT2D eigenvalue weighted by Gasteiger charge is 2.35. The predicted octanol–water partition coefficient (Wildman–Crippen LogP) is 6.79. The SMILES string of the molecule is Cc1c2c(c(C(C)(C)C)c3ccccc13)Oc1cc(CC(C)C)cc3nc[n+](C)c-2c13. The fraction of sp³-hybridized carbons (Fsp3) is 0.357. The molecule has 0 bridgehead atoms. The maximum Gasteiger partial charge on any atom is 0.287 e. The van der Waals surface area contributed by atoms with E-state index < -0.39 is 0 Å². The van der Waals surface area contributed by atoms with E-state index in [1.807, 2.05) is 6.33 Å². The third-order valence-electron chi connectivity index (χ3n) is 6.37. The van der Waals surface area contributed by atoms with Crippen LogP contribution in [-0.2, 0) is 18.9 Å². The molecule has 3 aromatic carbocycles. The molecule has 0 saturated carbocycles. The van der Waals surface area contributed by atoms with Gasteiger partial charge in [0.05, 0.1) is 12.6 Å². The molecule has 1 aliphatic heterocycles. The lowest BCUT2D eigenvalue weighted by Crippen LogP contribution is -2.33. The Hall–Kier alpha value is -2.94. The highest BCUT2D eigenvalue weighted by Crippen LogP contribution is 2.53. The first-order valence-corrected chi connectivity index (χ1v) is 11.2. The number of aryl methyl sites for hydroxylation is 2. The summed E-state index contributed by atoms with van der Waals surface area (Å²) in [5, 5.41) is 3.68. The zero-order valence-corrected chi connectivity index (χ0v) is 19.6. The quantitative estimate of drug-likeness (QED) is 0.299. The topological polar surface area (TPSA) is 26.0 Å². The first-order valence-electron chi connectivity index (χ1n) is 11.2. The van der Waals surface area contributed by atoms with Gasteiger partial charge in [-0.3, -0.25) is 0 Å². The molecule has 0 N–H and O–H groups in total. The van der Waals surface area contributed by atoms with E-state index in [0.717, 1.165) is 28.8 Å². The van der Waals surface area contributed by atoms with E-state index in [1.165, 1.54) is 38.7 Å². The fourth-order valence-corrected chi connectivity index (χ4v) is 5.17. The summed E-state index contributed by atoms with van der Waals surface area (Å²) in [5.41, 5.74) is 7.16. The van der Waals surface area contributed by atoms with Crippen LogP contribution < -0.4 is 9.30 Å². The minimum Gasteiger partial charge on any atom is -0.455 e. The summed E-state index contributed by atoms with van der Waals surface area (Å²) in [7, 11) is 2.09. The molecule has 0 atom stereocenters. The van der Waals surface area contributed by atoms with Gasteiger partial charge >= 0.3 is 0 Å². The summed E-state index contributed by atoms with van der Waals surface area (Å²) in [6.45, 7) is 13.6. The van der Waals surface area contributed by atoms with Crippen LogP contribution in [0.15, 0.2) is 42.7 Å². The van der Waals surface area contributed by atoms with Crippen molar-refractivity contribution < 1.29 is 9.30 Å². The maximum atomic E-state index is 6.82. The Labute approximate surface area is 184 Å². The van der Waals surface area contributed by atoms with Crippen molar-refractivity contribution in [2.24, 2.45) is 13.0 Å². The summed E-state index contributed by atoms with van der Waals surface area (Å²) in [6.07, 6.45) is 2.96. The first-order chi connectivity index (χ1) is 14.7. The van der Waals surface area contributed by atoms with E-state index in [4.69, 9.17) is 9.72 Å². The molecule has 1 aromatic heterocycles. The zero-order valence-electron chi connectivity index (χ0n) is 19.6. The third kappa shape index (κ3) is 3.02. The molecule has 0 saturated heterocycles. The van der Waals surface area contributed by atoms with E-state index in [0.29, 0.717) is 5.92 Å². The Morgan fingerprint density at radius 2 is 1.77 bits per heavy atom. The van der Waals surface area contributed by atoms with Gasteiger partial charge in [0.25, 0.3) is 6.33 Å². The van der Waals surface area contributed by atoms with E-state index >= 15 is 0 Å². The highest BCUT2D eigenvalue weighted by molar-refractivity contribution is 6.06. The fourth-order valence-electron chi connectivity index (χ4n) is 5.17. The average Bonchev–Trinajstić information content (AvgIpc) is 2.68. The van der Waals surface area contributed by atoms with Gasteiger partial charge in [-0.15, -0.1) is 0 Å². The standard InChI is InChI=1S/C28H31N2O/c1-16(2)12-18-13-21-24-22(14-18)31-27-23(26(24)30(7)15-29-21)17(3)19-10-8-9-11-20(19)25(27)28(4,5)6/h8-11,13-16H,12H2,1-7H3/q+1. The molecule has 0 spiro atoms. The van der Waals surface area contributed by atoms with E-state index in [1.54, 1.807) is 0 Å². The van der Waals surface area contributed by atoms with Crippen molar-refractivity contribution in [1.82, 2.24) is 4.98 Å². The number of fused-ring (bicyclic) bond motifs is 3. The van der Waals surface area contributed by atoms with Crippen LogP contribution in [-0.4, -0.2) is 4.98 Å². The van der Waals surface area contributed by atoms with Crippen LogP contribution in [0.25, 0.3) is 32.9 Å². The second-order valence-corrected chi connectivity index (χ2v) is 10.4. The van der Waals surface area contributed by atoms with Crippen LogP contribution in [0.4, 0.5) is 0 Å². The Bertz CT molecular complexity index is 1360. The number of ether oxygens (including phenoxy) is 1. The van der Waals surface area contributed by atoms with Gasteiger partial charge in [-0.1, -0.05) is 58.9 Å². The van der Waals surface area contributed by atoms with Crippen LogP contribution in [0.2, 0.25) is 0 Å². The summed E-state index contributed by atoms with van der Waals surface area (Å²) >= 11 is 0. The monoisotopic (exact) mass is 411 g/mol. The molecule has 0 radical (unpaired) electrons. The molecule has 3 heteroatoms. The summed E-state index contributed by atoms with van der Waals surface area (Å²) in [5.74, 6) is 2.51. The lowest BCUT2D eigenvalue weighted by atomic mass is 9.78. The minimum atomic E-state index is -0.0604. The lowest BCUT2D eigenvalue weighted by molar-refractivity contribution is -0.662. The van der Waals surface area contributed by atoms with Crippen LogP contribution in [0, 0.1) is 12.8 Å². The molecule has 0 unspecified atom stereocenters. The van der Waals surface area contributed by atoms with Crippen LogP contribution >= 0.6 is 0 Å². The average molecular weight is 412 g/mol. The van der Waals surface area contributed by atoms with E-state index in [-0.39, 0.29) is 5.41 Å². The zero-order chi connectivity index (χ0) is 22.1. The Balaban J connectivity index is 1.96. The van der Waals surface area contributed by atoms with Crippen molar-refractivity contribution in [2.45, 2.75) is 53.4 Å². The van der Waals surface area contributed by atoms with Crippen molar-refractivity contribution in [3.8, 4) is 22.8 Å². The number of nitrogens with zero attached hydrogens (tertiary/aromatic N) is 2. The molecule has 2 heterocycles. The second kappa shape index (κ2) is 6.78. The third-order valence-corrected chi connectivity index (χ3v) is 6.37. The van der Waals surface area contributed by atoms with Crippen molar-refractivity contribution in [1.29, 1.82) is 0 Å². The molecule has 5 rings (SSSR count). The number of hydrogen-bond acceptors (Lipinski definition) is 2.